The Balaban J connectivity index is 0.00000280. The number of nitrogens with one attached hydrogen (secondary N) is 1. The first-order valence-electron chi connectivity index (χ1n) is 9.16. The molecule has 1 aromatic heterocycles. The number of benzene rings is 1. The normalized spacial score (nSPS) is 14.6. The van der Waals surface area contributed by atoms with Crippen LogP contribution < -0.4 is 10.2 Å². The molecule has 1 N–H and O–H groups in total. The summed E-state index contributed by atoms with van der Waals surface area (Å²) < 4.78 is 26.6. The summed E-state index contributed by atoms with van der Waals surface area (Å²) in [7, 11) is 0. The van der Waals surface area contributed by atoms with Gasteiger partial charge in [0.05, 0.1) is 0 Å². The smallest absolute Gasteiger partial charge is 0.225 e. The van der Waals surface area contributed by atoms with Crippen LogP contribution in [0.3, 0.4) is 0 Å². The molecule has 0 unspecified atom stereocenters. The van der Waals surface area contributed by atoms with E-state index in [1.165, 1.54) is 12.1 Å². The second-order valence-electron chi connectivity index (χ2n) is 6.29. The van der Waals surface area contributed by atoms with Crippen LogP contribution in [0.5, 0.6) is 0 Å². The van der Waals surface area contributed by atoms with Crippen LogP contribution in [-0.4, -0.2) is 60.1 Å². The second kappa shape index (κ2) is 11.1. The maximum atomic E-state index is 13.3. The van der Waals surface area contributed by atoms with Crippen molar-refractivity contribution in [1.29, 1.82) is 0 Å². The second-order valence-corrected chi connectivity index (χ2v) is 6.29. The average molecular weight is 502 g/mol. The minimum absolute atomic E-state index is 0. The van der Waals surface area contributed by atoms with Crippen LogP contribution in [0, 0.1) is 11.6 Å². The predicted molar refractivity (Wildman–Crippen MR) is 117 cm³/mol. The number of nitrogens with zero attached hydrogens (tertiary/aromatic N) is 5. The third-order valence-corrected chi connectivity index (χ3v) is 4.33. The van der Waals surface area contributed by atoms with Gasteiger partial charge in [0.1, 0.15) is 11.6 Å². The van der Waals surface area contributed by atoms with E-state index in [4.69, 9.17) is 0 Å². The third-order valence-electron chi connectivity index (χ3n) is 4.33. The molecule has 2 aromatic rings. The van der Waals surface area contributed by atoms with Crippen molar-refractivity contribution in [2.24, 2.45) is 4.99 Å². The summed E-state index contributed by atoms with van der Waals surface area (Å²) >= 11 is 0. The zero-order chi connectivity index (χ0) is 19.1. The molecular formula is C19H25F2IN6. The lowest BCUT2D eigenvalue weighted by Gasteiger charge is -2.36. The molecule has 0 spiro atoms. The van der Waals surface area contributed by atoms with E-state index in [1.807, 2.05) is 6.92 Å². The topological polar surface area (TPSA) is 56.7 Å². The Morgan fingerprint density at radius 2 is 1.71 bits per heavy atom. The van der Waals surface area contributed by atoms with E-state index in [0.29, 0.717) is 18.5 Å². The van der Waals surface area contributed by atoms with Crippen LogP contribution in [0.4, 0.5) is 14.7 Å². The fourth-order valence-corrected chi connectivity index (χ4v) is 3.04. The first-order chi connectivity index (χ1) is 13.2. The Hall–Kier alpha value is -2.04. The summed E-state index contributed by atoms with van der Waals surface area (Å²) in [4.78, 5) is 17.6. The number of guanidine groups is 1. The maximum Gasteiger partial charge on any atom is 0.225 e. The molecule has 0 radical (unpaired) electrons. The van der Waals surface area contributed by atoms with Gasteiger partial charge in [0.25, 0.3) is 0 Å². The highest BCUT2D eigenvalue weighted by Gasteiger charge is 2.20. The number of rotatable bonds is 5. The van der Waals surface area contributed by atoms with Crippen molar-refractivity contribution < 1.29 is 8.78 Å². The molecular weight excluding hydrogens is 477 g/mol. The molecule has 0 atom stereocenters. The van der Waals surface area contributed by atoms with Crippen LogP contribution in [0.1, 0.15) is 12.5 Å². The molecule has 1 aliphatic heterocycles. The van der Waals surface area contributed by atoms with E-state index in [1.54, 1.807) is 18.5 Å². The molecule has 1 saturated heterocycles. The lowest BCUT2D eigenvalue weighted by molar-refractivity contribution is 0.370. The van der Waals surface area contributed by atoms with Gasteiger partial charge in [-0.2, -0.15) is 0 Å². The van der Waals surface area contributed by atoms with E-state index in [0.717, 1.165) is 50.7 Å². The van der Waals surface area contributed by atoms with E-state index in [9.17, 15) is 8.78 Å². The fourth-order valence-electron chi connectivity index (χ4n) is 3.04. The van der Waals surface area contributed by atoms with Gasteiger partial charge in [0.2, 0.25) is 5.95 Å². The molecule has 152 valence electrons. The van der Waals surface area contributed by atoms with Gasteiger partial charge >= 0.3 is 0 Å². The molecule has 0 bridgehead atoms. The third kappa shape index (κ3) is 6.25. The summed E-state index contributed by atoms with van der Waals surface area (Å²) in [5, 5.41) is 3.29. The number of hydrogen-bond donors (Lipinski definition) is 1. The van der Waals surface area contributed by atoms with Gasteiger partial charge in [-0.3, -0.25) is 4.99 Å². The van der Waals surface area contributed by atoms with Crippen LogP contribution in [0.25, 0.3) is 0 Å². The highest BCUT2D eigenvalue weighted by Crippen LogP contribution is 2.11. The molecule has 9 heteroatoms. The summed E-state index contributed by atoms with van der Waals surface area (Å²) in [6, 6.07) is 5.39. The highest BCUT2D eigenvalue weighted by molar-refractivity contribution is 14.0. The SMILES string of the molecule is CCNC(=NCCc1cc(F)cc(F)c1)N1CCN(c2ncccn2)CC1.I. The Morgan fingerprint density at radius 1 is 1.07 bits per heavy atom. The van der Waals surface area contributed by atoms with Crippen LogP contribution in [0.2, 0.25) is 0 Å². The summed E-state index contributed by atoms with van der Waals surface area (Å²) in [6.07, 6.45) is 3.98. The zero-order valence-corrected chi connectivity index (χ0v) is 18.1. The summed E-state index contributed by atoms with van der Waals surface area (Å²) in [6.45, 7) is 6.47. The van der Waals surface area contributed by atoms with Gasteiger partial charge in [-0.25, -0.2) is 18.7 Å². The Morgan fingerprint density at radius 3 is 2.32 bits per heavy atom. The molecule has 0 amide bonds. The largest absolute Gasteiger partial charge is 0.357 e. The van der Waals surface area contributed by atoms with Gasteiger partial charge in [-0.1, -0.05) is 0 Å². The molecule has 0 saturated carbocycles. The van der Waals surface area contributed by atoms with Crippen molar-refractivity contribution in [3.63, 3.8) is 0 Å². The van der Waals surface area contributed by atoms with E-state index < -0.39 is 11.6 Å². The van der Waals surface area contributed by atoms with Crippen LogP contribution in [-0.2, 0) is 6.42 Å². The molecule has 28 heavy (non-hydrogen) atoms. The van der Waals surface area contributed by atoms with Gasteiger partial charge < -0.3 is 15.1 Å². The summed E-state index contributed by atoms with van der Waals surface area (Å²) in [5.74, 6) is 0.454. The average Bonchev–Trinajstić information content (AvgIpc) is 2.67. The predicted octanol–water partition coefficient (Wildman–Crippen LogP) is 2.70. The quantitative estimate of drug-likeness (QED) is 0.387. The van der Waals surface area contributed by atoms with Gasteiger partial charge in [0.15, 0.2) is 5.96 Å². The lowest BCUT2D eigenvalue weighted by Crippen LogP contribution is -2.53. The standard InChI is InChI=1S/C19H24F2N6.HI/c1-2-22-18(25-7-4-15-12-16(20)14-17(21)13-15)26-8-10-27(11-9-26)19-23-5-3-6-24-19;/h3,5-6,12-14H,2,4,7-11H2,1H3,(H,22,25);1H. The van der Waals surface area contributed by atoms with Crippen molar-refractivity contribution >= 4 is 35.9 Å². The van der Waals surface area contributed by atoms with Crippen LogP contribution in [0.15, 0.2) is 41.7 Å². The Labute approximate surface area is 181 Å². The lowest BCUT2D eigenvalue weighted by atomic mass is 10.1. The molecule has 1 aromatic carbocycles. The highest BCUT2D eigenvalue weighted by atomic mass is 127. The number of piperazine rings is 1. The number of hydrogen-bond acceptors (Lipinski definition) is 4. The van der Waals surface area contributed by atoms with Crippen molar-refractivity contribution in [3.05, 3.63) is 53.9 Å². The fraction of sp³-hybridized carbons (Fsp3) is 0.421. The zero-order valence-electron chi connectivity index (χ0n) is 15.8. The van der Waals surface area contributed by atoms with Crippen molar-refractivity contribution in [2.45, 2.75) is 13.3 Å². The van der Waals surface area contributed by atoms with Crippen molar-refractivity contribution in [1.82, 2.24) is 20.2 Å². The molecule has 2 heterocycles. The monoisotopic (exact) mass is 502 g/mol. The first-order valence-corrected chi connectivity index (χ1v) is 9.16. The van der Waals surface area contributed by atoms with Gasteiger partial charge in [0, 0.05) is 57.7 Å². The number of aliphatic imine (C=N–C) groups is 1. The van der Waals surface area contributed by atoms with Gasteiger partial charge in [-0.15, -0.1) is 24.0 Å². The van der Waals surface area contributed by atoms with Gasteiger partial charge in [-0.05, 0) is 37.1 Å². The molecule has 3 rings (SSSR count). The van der Waals surface area contributed by atoms with Crippen LogP contribution >= 0.6 is 24.0 Å². The molecule has 6 nitrogen and oxygen atoms in total. The molecule has 1 aliphatic rings. The van der Waals surface area contributed by atoms with Crippen molar-refractivity contribution in [3.8, 4) is 0 Å². The Bertz CT molecular complexity index is 746. The van der Waals surface area contributed by atoms with Crippen molar-refractivity contribution in [2.75, 3.05) is 44.2 Å². The Kier molecular flexibility index (Phi) is 8.81. The van der Waals surface area contributed by atoms with E-state index >= 15 is 0 Å². The van der Waals surface area contributed by atoms with E-state index in [2.05, 4.69) is 30.1 Å². The molecule has 0 aliphatic carbocycles. The molecule has 1 fully saturated rings. The first kappa shape index (κ1) is 22.3. The number of anilines is 1. The minimum Gasteiger partial charge on any atom is -0.357 e. The van der Waals surface area contributed by atoms with E-state index in [-0.39, 0.29) is 24.0 Å². The number of halogens is 3. The summed E-state index contributed by atoms with van der Waals surface area (Å²) in [5.41, 5.74) is 0.609. The number of aromatic nitrogens is 2. The maximum absolute atomic E-state index is 13.3. The minimum atomic E-state index is -0.555.